The number of rotatable bonds is 1. The number of halogens is 5. The molecule has 6 heteroatoms. The third-order valence-corrected chi connectivity index (χ3v) is 2.36. The van der Waals surface area contributed by atoms with E-state index in [2.05, 4.69) is 0 Å². The van der Waals surface area contributed by atoms with Crippen LogP contribution in [0.4, 0.5) is 8.78 Å². The van der Waals surface area contributed by atoms with E-state index in [1.807, 2.05) is 0 Å². The van der Waals surface area contributed by atoms with E-state index < -0.39 is 21.9 Å². The Kier molecular flexibility index (Phi) is 3.11. The van der Waals surface area contributed by atoms with Crippen LogP contribution in [-0.4, -0.2) is 5.24 Å². The van der Waals surface area contributed by atoms with Gasteiger partial charge in [0.15, 0.2) is 11.6 Å². The van der Waals surface area contributed by atoms with Crippen LogP contribution in [0.5, 0.6) is 0 Å². The van der Waals surface area contributed by atoms with E-state index in [1.165, 1.54) is 0 Å². The number of hydrogen-bond acceptors (Lipinski definition) is 1. The highest BCUT2D eigenvalue weighted by molar-refractivity contribution is 6.69. The van der Waals surface area contributed by atoms with Crippen molar-refractivity contribution in [2.24, 2.45) is 0 Å². The predicted molar refractivity (Wildman–Crippen MR) is 46.6 cm³/mol. The van der Waals surface area contributed by atoms with E-state index in [0.717, 1.165) is 0 Å². The number of carbonyl (C=O) groups excluding carboxylic acids is 1. The molecular formula is C7HCl3F2O. The molecule has 1 aromatic rings. The van der Waals surface area contributed by atoms with Gasteiger partial charge in [-0.3, -0.25) is 4.79 Å². The van der Waals surface area contributed by atoms with Crippen LogP contribution < -0.4 is 0 Å². The highest BCUT2D eigenvalue weighted by Crippen LogP contribution is 2.31. The van der Waals surface area contributed by atoms with Crippen molar-refractivity contribution in [1.29, 1.82) is 0 Å². The van der Waals surface area contributed by atoms with Crippen molar-refractivity contribution in [3.8, 4) is 0 Å². The Bertz CT molecular complexity index is 378. The summed E-state index contributed by atoms with van der Waals surface area (Å²) in [6.07, 6.45) is 0. The van der Waals surface area contributed by atoms with Gasteiger partial charge in [0.05, 0.1) is 15.6 Å². The lowest BCUT2D eigenvalue weighted by atomic mass is 10.2. The van der Waals surface area contributed by atoms with Crippen LogP contribution in [0, 0.1) is 11.6 Å². The molecule has 0 unspecified atom stereocenters. The maximum absolute atomic E-state index is 12.7. The molecule has 0 atom stereocenters. The van der Waals surface area contributed by atoms with Gasteiger partial charge in [-0.1, -0.05) is 23.2 Å². The fraction of sp³-hybridized carbons (Fsp3) is 0. The minimum Gasteiger partial charge on any atom is -0.276 e. The van der Waals surface area contributed by atoms with Crippen LogP contribution in [0.2, 0.25) is 10.0 Å². The van der Waals surface area contributed by atoms with Crippen molar-refractivity contribution in [2.45, 2.75) is 0 Å². The molecule has 1 rings (SSSR count). The zero-order valence-electron chi connectivity index (χ0n) is 5.88. The van der Waals surface area contributed by atoms with Gasteiger partial charge in [0.2, 0.25) is 0 Å². The summed E-state index contributed by atoms with van der Waals surface area (Å²) in [5.74, 6) is -2.56. The summed E-state index contributed by atoms with van der Waals surface area (Å²) in [6, 6.07) is 0.596. The van der Waals surface area contributed by atoms with Crippen LogP contribution in [0.1, 0.15) is 10.4 Å². The van der Waals surface area contributed by atoms with E-state index in [1.54, 1.807) is 0 Å². The summed E-state index contributed by atoms with van der Waals surface area (Å²) in [5.41, 5.74) is -0.354. The van der Waals surface area contributed by atoms with Crippen molar-refractivity contribution >= 4 is 40.0 Å². The molecule has 0 saturated heterocycles. The molecule has 0 bridgehead atoms. The normalized spacial score (nSPS) is 10.2. The SMILES string of the molecule is O=C(Cl)c1cc(F)c(F)c(Cl)c1Cl. The predicted octanol–water partition coefficient (Wildman–Crippen LogP) is 3.65. The van der Waals surface area contributed by atoms with Gasteiger partial charge in [0, 0.05) is 0 Å². The molecule has 0 aliphatic carbocycles. The molecule has 0 spiro atoms. The molecule has 0 aliphatic rings. The van der Waals surface area contributed by atoms with Gasteiger partial charge in [-0.25, -0.2) is 8.78 Å². The van der Waals surface area contributed by atoms with Crippen LogP contribution in [0.15, 0.2) is 6.07 Å². The molecule has 70 valence electrons. The Balaban J connectivity index is 3.50. The van der Waals surface area contributed by atoms with E-state index in [0.29, 0.717) is 6.07 Å². The molecule has 0 saturated carbocycles. The van der Waals surface area contributed by atoms with E-state index in [9.17, 15) is 13.6 Å². The fourth-order valence-corrected chi connectivity index (χ4v) is 1.33. The molecule has 0 aromatic heterocycles. The monoisotopic (exact) mass is 244 g/mol. The molecule has 1 nitrogen and oxygen atoms in total. The smallest absolute Gasteiger partial charge is 0.254 e. The van der Waals surface area contributed by atoms with Gasteiger partial charge >= 0.3 is 0 Å². The maximum Gasteiger partial charge on any atom is 0.254 e. The highest BCUT2D eigenvalue weighted by Gasteiger charge is 2.18. The Labute approximate surface area is 87.2 Å². The van der Waals surface area contributed by atoms with Gasteiger partial charge in [-0.05, 0) is 17.7 Å². The number of benzene rings is 1. The molecule has 0 aliphatic heterocycles. The lowest BCUT2D eigenvalue weighted by Gasteiger charge is -2.02. The third kappa shape index (κ3) is 1.93. The molecule has 1 aromatic carbocycles. The van der Waals surface area contributed by atoms with Gasteiger partial charge < -0.3 is 0 Å². The zero-order chi connectivity index (χ0) is 10.2. The van der Waals surface area contributed by atoms with Crippen LogP contribution in [0.3, 0.4) is 0 Å². The Morgan fingerprint density at radius 1 is 1.23 bits per heavy atom. The Morgan fingerprint density at radius 2 is 1.77 bits per heavy atom. The third-order valence-electron chi connectivity index (χ3n) is 1.31. The molecule has 13 heavy (non-hydrogen) atoms. The number of hydrogen-bond donors (Lipinski definition) is 0. The minimum atomic E-state index is -1.30. The largest absolute Gasteiger partial charge is 0.276 e. The first-order valence-corrected chi connectivity index (χ1v) is 4.11. The molecule has 0 amide bonds. The summed E-state index contributed by atoms with van der Waals surface area (Å²) >= 11 is 15.7. The zero-order valence-corrected chi connectivity index (χ0v) is 8.14. The van der Waals surface area contributed by atoms with Gasteiger partial charge in [-0.2, -0.15) is 0 Å². The molecule has 0 radical (unpaired) electrons. The van der Waals surface area contributed by atoms with Crippen LogP contribution >= 0.6 is 34.8 Å². The van der Waals surface area contributed by atoms with Crippen molar-refractivity contribution < 1.29 is 13.6 Å². The minimum absolute atomic E-state index is 0.354. The van der Waals surface area contributed by atoms with Gasteiger partial charge in [0.25, 0.3) is 5.24 Å². The molecule has 0 heterocycles. The average Bonchev–Trinajstić information content (AvgIpc) is 2.07. The lowest BCUT2D eigenvalue weighted by Crippen LogP contribution is -1.96. The maximum atomic E-state index is 12.7. The van der Waals surface area contributed by atoms with Crippen molar-refractivity contribution in [3.05, 3.63) is 33.3 Å². The van der Waals surface area contributed by atoms with Crippen LogP contribution in [-0.2, 0) is 0 Å². The summed E-state index contributed by atoms with van der Waals surface area (Å²) in [6.45, 7) is 0. The average molecular weight is 245 g/mol. The fourth-order valence-electron chi connectivity index (χ4n) is 0.716. The summed E-state index contributed by atoms with van der Waals surface area (Å²) in [5, 5.41) is -2.03. The van der Waals surface area contributed by atoms with Gasteiger partial charge in [0.1, 0.15) is 0 Å². The summed E-state index contributed by atoms with van der Waals surface area (Å²) < 4.78 is 25.3. The highest BCUT2D eigenvalue weighted by atomic mass is 35.5. The topological polar surface area (TPSA) is 17.1 Å². The molecule has 0 N–H and O–H groups in total. The van der Waals surface area contributed by atoms with Crippen LogP contribution in [0.25, 0.3) is 0 Å². The van der Waals surface area contributed by atoms with Gasteiger partial charge in [-0.15, -0.1) is 0 Å². The lowest BCUT2D eigenvalue weighted by molar-refractivity contribution is 0.108. The standard InChI is InChI=1S/C7HCl3F2O/c8-4-2(7(10)13)1-3(11)6(12)5(4)9/h1H. The van der Waals surface area contributed by atoms with E-state index in [4.69, 9.17) is 34.8 Å². The molecule has 0 fully saturated rings. The number of carbonyl (C=O) groups is 1. The van der Waals surface area contributed by atoms with Crippen molar-refractivity contribution in [3.63, 3.8) is 0 Å². The first kappa shape index (κ1) is 10.7. The quantitative estimate of drug-likeness (QED) is 0.419. The summed E-state index contributed by atoms with van der Waals surface area (Å²) in [7, 11) is 0. The van der Waals surface area contributed by atoms with E-state index in [-0.39, 0.29) is 10.6 Å². The summed E-state index contributed by atoms with van der Waals surface area (Å²) in [4.78, 5) is 10.6. The second-order valence-corrected chi connectivity index (χ2v) is 3.22. The van der Waals surface area contributed by atoms with Crippen molar-refractivity contribution in [2.75, 3.05) is 0 Å². The van der Waals surface area contributed by atoms with Crippen molar-refractivity contribution in [1.82, 2.24) is 0 Å². The molecular weight excluding hydrogens is 244 g/mol. The Morgan fingerprint density at radius 3 is 2.23 bits per heavy atom. The second kappa shape index (κ2) is 3.78. The first-order valence-electron chi connectivity index (χ1n) is 2.98. The Hall–Kier alpha value is -0.380. The van der Waals surface area contributed by atoms with E-state index >= 15 is 0 Å². The second-order valence-electron chi connectivity index (χ2n) is 2.12. The first-order chi connectivity index (χ1) is 5.95.